The number of hydrogen-bond donors (Lipinski definition) is 0. The first-order valence-electron chi connectivity index (χ1n) is 6.98. The minimum atomic E-state index is 0.663. The van der Waals surface area contributed by atoms with Crippen LogP contribution in [0.1, 0.15) is 0 Å². The quantitative estimate of drug-likeness (QED) is 0.470. The minimum Gasteiger partial charge on any atom is -0.496 e. The average Bonchev–Trinajstić information content (AvgIpc) is 3.15. The lowest BCUT2D eigenvalue weighted by atomic mass is 10.2. The lowest BCUT2D eigenvalue weighted by Crippen LogP contribution is -1.92. The third-order valence-corrected chi connectivity index (χ3v) is 5.39. The van der Waals surface area contributed by atoms with Crippen LogP contribution in [0.3, 0.4) is 0 Å². The number of nitrogens with zero attached hydrogens (tertiary/aromatic N) is 4. The van der Waals surface area contributed by atoms with Gasteiger partial charge in [-0.3, -0.25) is 0 Å². The summed E-state index contributed by atoms with van der Waals surface area (Å²) < 4.78 is 7.84. The third kappa shape index (κ3) is 2.58. The molecule has 0 aliphatic carbocycles. The molecule has 0 saturated heterocycles. The number of hydrogen-bond acceptors (Lipinski definition) is 5. The summed E-state index contributed by atoms with van der Waals surface area (Å²) in [5.74, 6) is 1.43. The van der Waals surface area contributed by atoms with E-state index in [1.807, 2.05) is 42.5 Å². The van der Waals surface area contributed by atoms with Crippen molar-refractivity contribution in [2.45, 2.75) is 0 Å². The molecule has 0 amide bonds. The zero-order valence-electron chi connectivity index (χ0n) is 12.4. The summed E-state index contributed by atoms with van der Waals surface area (Å²) in [7, 11) is 1.63. The molecule has 0 bridgehead atoms. The maximum absolute atomic E-state index is 6.27. The Kier molecular flexibility index (Phi) is 3.99. The molecule has 0 radical (unpaired) electrons. The van der Waals surface area contributed by atoms with Gasteiger partial charge in [0.2, 0.25) is 4.96 Å². The van der Waals surface area contributed by atoms with Gasteiger partial charge in [-0.2, -0.15) is 9.61 Å². The fraction of sp³-hybridized carbons (Fsp3) is 0.0625. The van der Waals surface area contributed by atoms with Crippen LogP contribution in [0.5, 0.6) is 5.75 Å². The van der Waals surface area contributed by atoms with E-state index in [4.69, 9.17) is 16.3 Å². The standard InChI is InChI=1S/C16H10BrClN4OS/c1-23-13-7-6-9(8-11(13)17)14-19-20-16-22(14)21-15(24-16)10-4-2-3-5-12(10)18/h2-8H,1H3. The number of halogens is 2. The molecule has 0 unspecified atom stereocenters. The summed E-state index contributed by atoms with van der Waals surface area (Å²) in [5.41, 5.74) is 1.78. The van der Waals surface area contributed by atoms with E-state index in [-0.39, 0.29) is 0 Å². The number of methoxy groups -OCH3 is 1. The molecular formula is C16H10BrClN4OS. The van der Waals surface area contributed by atoms with E-state index in [1.54, 1.807) is 11.6 Å². The van der Waals surface area contributed by atoms with E-state index in [2.05, 4.69) is 31.2 Å². The van der Waals surface area contributed by atoms with Crippen LogP contribution in [0.25, 0.3) is 26.9 Å². The topological polar surface area (TPSA) is 52.3 Å². The van der Waals surface area contributed by atoms with Gasteiger partial charge in [0, 0.05) is 11.1 Å². The fourth-order valence-electron chi connectivity index (χ4n) is 2.35. The summed E-state index contributed by atoms with van der Waals surface area (Å²) >= 11 is 11.2. The predicted molar refractivity (Wildman–Crippen MR) is 98.8 cm³/mol. The van der Waals surface area contributed by atoms with Gasteiger partial charge in [0.05, 0.1) is 16.6 Å². The van der Waals surface area contributed by atoms with Gasteiger partial charge in [-0.05, 0) is 40.2 Å². The molecule has 0 aliphatic rings. The van der Waals surface area contributed by atoms with E-state index in [1.165, 1.54) is 11.3 Å². The van der Waals surface area contributed by atoms with E-state index < -0.39 is 0 Å². The van der Waals surface area contributed by atoms with E-state index in [0.717, 1.165) is 26.4 Å². The van der Waals surface area contributed by atoms with Crippen molar-refractivity contribution < 1.29 is 4.74 Å². The summed E-state index contributed by atoms with van der Waals surface area (Å²) in [6, 6.07) is 13.4. The Bertz CT molecular complexity index is 1050. The van der Waals surface area contributed by atoms with Crippen LogP contribution in [-0.2, 0) is 0 Å². The van der Waals surface area contributed by atoms with Crippen molar-refractivity contribution in [1.82, 2.24) is 19.8 Å². The van der Waals surface area contributed by atoms with Crippen LogP contribution < -0.4 is 4.74 Å². The molecule has 2 heterocycles. The van der Waals surface area contributed by atoms with Gasteiger partial charge in [-0.15, -0.1) is 10.2 Å². The molecule has 0 saturated carbocycles. The number of ether oxygens (including phenoxy) is 1. The van der Waals surface area contributed by atoms with Gasteiger partial charge in [-0.1, -0.05) is 41.1 Å². The van der Waals surface area contributed by atoms with Crippen molar-refractivity contribution in [2.24, 2.45) is 0 Å². The highest BCUT2D eigenvalue weighted by atomic mass is 79.9. The summed E-state index contributed by atoms with van der Waals surface area (Å²) in [5, 5.41) is 14.6. The molecule has 8 heteroatoms. The second-order valence-electron chi connectivity index (χ2n) is 4.95. The number of fused-ring (bicyclic) bond motifs is 1. The molecular weight excluding hydrogens is 412 g/mol. The van der Waals surface area contributed by atoms with Gasteiger partial charge in [0.1, 0.15) is 10.8 Å². The van der Waals surface area contributed by atoms with Crippen molar-refractivity contribution in [3.63, 3.8) is 0 Å². The highest BCUT2D eigenvalue weighted by Gasteiger charge is 2.16. The highest BCUT2D eigenvalue weighted by molar-refractivity contribution is 9.10. The highest BCUT2D eigenvalue weighted by Crippen LogP contribution is 2.34. The van der Waals surface area contributed by atoms with Crippen LogP contribution in [-0.4, -0.2) is 26.9 Å². The summed E-state index contributed by atoms with van der Waals surface area (Å²) in [6.07, 6.45) is 0. The number of rotatable bonds is 3. The van der Waals surface area contributed by atoms with E-state index in [9.17, 15) is 0 Å². The van der Waals surface area contributed by atoms with Crippen molar-refractivity contribution in [1.29, 1.82) is 0 Å². The zero-order valence-corrected chi connectivity index (χ0v) is 15.6. The first-order chi connectivity index (χ1) is 11.7. The maximum Gasteiger partial charge on any atom is 0.235 e. The lowest BCUT2D eigenvalue weighted by molar-refractivity contribution is 0.412. The van der Waals surface area contributed by atoms with Crippen molar-refractivity contribution >= 4 is 43.8 Å². The van der Waals surface area contributed by atoms with Crippen LogP contribution in [0.4, 0.5) is 0 Å². The molecule has 0 aliphatic heterocycles. The number of aromatic nitrogens is 4. The summed E-state index contributed by atoms with van der Waals surface area (Å²) in [6.45, 7) is 0. The SMILES string of the molecule is COc1ccc(-c2nnc3sc(-c4ccccc4Cl)nn23)cc1Br. The van der Waals surface area contributed by atoms with Gasteiger partial charge < -0.3 is 4.74 Å². The third-order valence-electron chi connectivity index (χ3n) is 3.51. The molecule has 0 fully saturated rings. The second-order valence-corrected chi connectivity index (χ2v) is 7.17. The van der Waals surface area contributed by atoms with Crippen molar-refractivity contribution in [3.8, 4) is 27.7 Å². The second kappa shape index (κ2) is 6.16. The van der Waals surface area contributed by atoms with Crippen LogP contribution in [0, 0.1) is 0 Å². The number of benzene rings is 2. The smallest absolute Gasteiger partial charge is 0.235 e. The molecule has 5 nitrogen and oxygen atoms in total. The maximum atomic E-state index is 6.27. The Labute approximate surface area is 155 Å². The Hall–Kier alpha value is -1.96. The Morgan fingerprint density at radius 1 is 1.17 bits per heavy atom. The molecule has 4 aromatic rings. The molecule has 120 valence electrons. The largest absolute Gasteiger partial charge is 0.496 e. The Morgan fingerprint density at radius 2 is 2.00 bits per heavy atom. The van der Waals surface area contributed by atoms with Crippen LogP contribution >= 0.6 is 38.9 Å². The Morgan fingerprint density at radius 3 is 2.75 bits per heavy atom. The van der Waals surface area contributed by atoms with Crippen molar-refractivity contribution in [3.05, 3.63) is 52.0 Å². The minimum absolute atomic E-state index is 0.663. The molecule has 0 spiro atoms. The summed E-state index contributed by atoms with van der Waals surface area (Å²) in [4.78, 5) is 0.715. The molecule has 0 N–H and O–H groups in total. The normalized spacial score (nSPS) is 11.1. The van der Waals surface area contributed by atoms with Gasteiger partial charge in [0.15, 0.2) is 5.82 Å². The van der Waals surface area contributed by atoms with Gasteiger partial charge in [-0.25, -0.2) is 0 Å². The Balaban J connectivity index is 1.83. The average molecular weight is 422 g/mol. The van der Waals surface area contributed by atoms with Crippen LogP contribution in [0.15, 0.2) is 46.9 Å². The molecule has 24 heavy (non-hydrogen) atoms. The zero-order chi connectivity index (χ0) is 16.7. The molecule has 2 aromatic heterocycles. The molecule has 2 aromatic carbocycles. The lowest BCUT2D eigenvalue weighted by Gasteiger charge is -2.04. The van der Waals surface area contributed by atoms with Gasteiger partial charge in [0.25, 0.3) is 0 Å². The van der Waals surface area contributed by atoms with E-state index >= 15 is 0 Å². The van der Waals surface area contributed by atoms with Gasteiger partial charge >= 0.3 is 0 Å². The first kappa shape index (κ1) is 15.6. The monoisotopic (exact) mass is 420 g/mol. The predicted octanol–water partition coefficient (Wildman–Crippen LogP) is 4.94. The molecule has 0 atom stereocenters. The van der Waals surface area contributed by atoms with Crippen molar-refractivity contribution in [2.75, 3.05) is 7.11 Å². The fourth-order valence-corrected chi connectivity index (χ4v) is 4.05. The van der Waals surface area contributed by atoms with Crippen LogP contribution in [0.2, 0.25) is 5.02 Å². The first-order valence-corrected chi connectivity index (χ1v) is 8.97. The molecule has 4 rings (SSSR count). The van der Waals surface area contributed by atoms with E-state index in [0.29, 0.717) is 15.8 Å².